The molecule has 4 heteroatoms. The number of ketones is 2. The van der Waals surface area contributed by atoms with Gasteiger partial charge in [0.15, 0.2) is 5.78 Å². The molecule has 0 N–H and O–H groups in total. The molecule has 0 aliphatic heterocycles. The minimum Gasteiger partial charge on any atom is -0.299 e. The average Bonchev–Trinajstić information content (AvgIpc) is 3.03. The van der Waals surface area contributed by atoms with E-state index in [2.05, 4.69) is 26.0 Å². The Kier molecular flexibility index (Phi) is 5.06. The Morgan fingerprint density at radius 2 is 1.87 bits per heavy atom. The molecule has 0 bridgehead atoms. The summed E-state index contributed by atoms with van der Waals surface area (Å²) in [5.74, 6) is 2.56. The summed E-state index contributed by atoms with van der Waals surface area (Å²) in [6.07, 6.45) is 10.6. The van der Waals surface area contributed by atoms with Gasteiger partial charge in [0.1, 0.15) is 5.78 Å². The van der Waals surface area contributed by atoms with Gasteiger partial charge in [-0.15, -0.1) is 0 Å². The zero-order chi connectivity index (χ0) is 21.1. The summed E-state index contributed by atoms with van der Waals surface area (Å²) >= 11 is 8.06. The lowest BCUT2D eigenvalue weighted by Gasteiger charge is -2.55. The molecule has 1 aromatic rings. The molecule has 1 aromatic carbocycles. The number of carbonyl (C=O) groups is 2. The van der Waals surface area contributed by atoms with E-state index in [1.807, 2.05) is 30.0 Å². The highest BCUT2D eigenvalue weighted by Gasteiger charge is 2.61. The van der Waals surface area contributed by atoms with Crippen LogP contribution < -0.4 is 0 Å². The quantitative estimate of drug-likeness (QED) is 0.543. The molecule has 0 saturated heterocycles. The van der Waals surface area contributed by atoms with E-state index in [9.17, 15) is 9.59 Å². The maximum Gasteiger partial charge on any atom is 0.178 e. The highest BCUT2D eigenvalue weighted by atomic mass is 35.5. The largest absolute Gasteiger partial charge is 0.299 e. The van der Waals surface area contributed by atoms with E-state index in [1.165, 1.54) is 24.0 Å². The molecule has 4 aliphatic rings. The molecule has 158 valence electrons. The van der Waals surface area contributed by atoms with Gasteiger partial charge in [0.2, 0.25) is 0 Å². The predicted molar refractivity (Wildman–Crippen MR) is 124 cm³/mol. The van der Waals surface area contributed by atoms with E-state index in [0.717, 1.165) is 23.6 Å². The predicted octanol–water partition coefficient (Wildman–Crippen LogP) is 6.43. The van der Waals surface area contributed by atoms with Crippen LogP contribution in [0.3, 0.4) is 0 Å². The Hall–Kier alpha value is -1.32. The van der Waals surface area contributed by atoms with Gasteiger partial charge in [-0.3, -0.25) is 9.59 Å². The molecule has 6 atom stereocenters. The smallest absolute Gasteiger partial charge is 0.178 e. The van der Waals surface area contributed by atoms with Crippen molar-refractivity contribution < 1.29 is 9.59 Å². The zero-order valence-electron chi connectivity index (χ0n) is 17.7. The summed E-state index contributed by atoms with van der Waals surface area (Å²) in [6, 6.07) is 8.14. The highest BCUT2D eigenvalue weighted by Crippen LogP contribution is 2.65. The number of allylic oxidation sites excluding steroid dienone is 4. The number of hydrogen-bond acceptors (Lipinski definition) is 3. The van der Waals surface area contributed by atoms with Crippen LogP contribution in [0.15, 0.2) is 48.1 Å². The van der Waals surface area contributed by atoms with E-state index in [4.69, 9.17) is 11.6 Å². The highest BCUT2D eigenvalue weighted by molar-refractivity contribution is 7.99. The van der Waals surface area contributed by atoms with Crippen molar-refractivity contribution in [2.75, 3.05) is 0 Å². The van der Waals surface area contributed by atoms with Crippen LogP contribution in [0.25, 0.3) is 0 Å². The Bertz CT molecular complexity index is 948. The minimum atomic E-state index is -0.260. The average molecular weight is 441 g/mol. The maximum atomic E-state index is 13.6. The number of hydrogen-bond donors (Lipinski definition) is 0. The number of halogens is 1. The van der Waals surface area contributed by atoms with Gasteiger partial charge in [-0.05, 0) is 72.8 Å². The molecule has 3 saturated carbocycles. The second-order valence-electron chi connectivity index (χ2n) is 10.1. The molecule has 0 radical (unpaired) electrons. The van der Waals surface area contributed by atoms with Gasteiger partial charge in [0, 0.05) is 33.8 Å². The van der Waals surface area contributed by atoms with E-state index < -0.39 is 0 Å². The van der Waals surface area contributed by atoms with Gasteiger partial charge in [-0.1, -0.05) is 49.2 Å². The fourth-order valence-corrected chi connectivity index (χ4v) is 8.69. The van der Waals surface area contributed by atoms with E-state index in [0.29, 0.717) is 29.3 Å². The zero-order valence-corrected chi connectivity index (χ0v) is 19.3. The van der Waals surface area contributed by atoms with Crippen LogP contribution in [0.4, 0.5) is 0 Å². The number of benzene rings is 1. The van der Waals surface area contributed by atoms with Crippen LogP contribution in [0.1, 0.15) is 51.5 Å². The fraction of sp³-hybridized carbons (Fsp3) is 0.538. The van der Waals surface area contributed by atoms with Crippen LogP contribution in [-0.2, 0) is 15.3 Å². The maximum absolute atomic E-state index is 13.6. The molecule has 4 aliphatic carbocycles. The van der Waals surface area contributed by atoms with Gasteiger partial charge in [-0.2, -0.15) is 11.8 Å². The first-order valence-electron chi connectivity index (χ1n) is 11.1. The van der Waals surface area contributed by atoms with Crippen molar-refractivity contribution in [2.24, 2.45) is 28.6 Å². The van der Waals surface area contributed by atoms with Gasteiger partial charge >= 0.3 is 0 Å². The summed E-state index contributed by atoms with van der Waals surface area (Å²) in [5.41, 5.74) is 2.30. The van der Waals surface area contributed by atoms with Crippen molar-refractivity contribution in [1.29, 1.82) is 0 Å². The molecular weight excluding hydrogens is 412 g/mol. The molecule has 5 rings (SSSR count). The lowest BCUT2D eigenvalue weighted by atomic mass is 9.48. The summed E-state index contributed by atoms with van der Waals surface area (Å²) in [6.45, 7) is 4.58. The Labute approximate surface area is 188 Å². The first-order valence-corrected chi connectivity index (χ1v) is 12.6. The lowest BCUT2D eigenvalue weighted by Crippen LogP contribution is -2.54. The third-order valence-electron chi connectivity index (χ3n) is 8.53. The number of thioether (sulfide) groups is 1. The minimum absolute atomic E-state index is 0.0416. The van der Waals surface area contributed by atoms with Crippen LogP contribution in [0.2, 0.25) is 5.02 Å². The fourth-order valence-electron chi connectivity index (χ4n) is 7.04. The van der Waals surface area contributed by atoms with Crippen molar-refractivity contribution in [2.45, 2.75) is 57.0 Å². The second kappa shape index (κ2) is 7.38. The third kappa shape index (κ3) is 3.15. The molecule has 0 aromatic heterocycles. The molecule has 0 heterocycles. The Morgan fingerprint density at radius 1 is 1.10 bits per heavy atom. The van der Waals surface area contributed by atoms with Crippen molar-refractivity contribution in [3.8, 4) is 0 Å². The number of carbonyl (C=O) groups excluding carboxylic acids is 2. The molecule has 0 spiro atoms. The monoisotopic (exact) mass is 440 g/mol. The lowest BCUT2D eigenvalue weighted by molar-refractivity contribution is -0.140. The SMILES string of the molecule is C[C@]12CC(=O)[C@H]3[C@@H](CCC4=CC(=O)C=C[C@@]43C)[C@@H]1CC[C@H]2SCc1ccc(Cl)cc1. The standard InChI is InChI=1S/C26H29ClO2S/c1-25-12-11-19(28)13-17(25)5-8-20-21-9-10-23(26(21,2)14-22(29)24(20)25)30-15-16-3-6-18(27)7-4-16/h3-4,6-7,11-13,20-21,23-24H,5,8-10,14-15H2,1-2H3/t20-,21-,23+,24+,25-,26-/m0/s1. The molecule has 30 heavy (non-hydrogen) atoms. The molecule has 0 amide bonds. The van der Waals surface area contributed by atoms with Crippen molar-refractivity contribution >= 4 is 34.9 Å². The van der Waals surface area contributed by atoms with Crippen molar-refractivity contribution in [1.82, 2.24) is 0 Å². The topological polar surface area (TPSA) is 34.1 Å². The normalized spacial score (nSPS) is 39.9. The number of rotatable bonds is 3. The van der Waals surface area contributed by atoms with Crippen LogP contribution >= 0.6 is 23.4 Å². The van der Waals surface area contributed by atoms with E-state index in [-0.39, 0.29) is 22.5 Å². The van der Waals surface area contributed by atoms with E-state index >= 15 is 0 Å². The molecule has 2 nitrogen and oxygen atoms in total. The van der Waals surface area contributed by atoms with Crippen LogP contribution in [0, 0.1) is 28.6 Å². The Morgan fingerprint density at radius 3 is 2.63 bits per heavy atom. The van der Waals surface area contributed by atoms with E-state index in [1.54, 1.807) is 12.2 Å². The Balaban J connectivity index is 1.38. The second-order valence-corrected chi connectivity index (χ2v) is 11.8. The molecular formula is C26H29ClO2S. The van der Waals surface area contributed by atoms with Crippen molar-refractivity contribution in [3.63, 3.8) is 0 Å². The van der Waals surface area contributed by atoms with Crippen LogP contribution in [-0.4, -0.2) is 16.8 Å². The summed E-state index contributed by atoms with van der Waals surface area (Å²) < 4.78 is 0. The molecule has 0 unspecified atom stereocenters. The van der Waals surface area contributed by atoms with Gasteiger partial charge < -0.3 is 0 Å². The third-order valence-corrected chi connectivity index (χ3v) is 10.5. The van der Waals surface area contributed by atoms with Gasteiger partial charge in [-0.25, -0.2) is 0 Å². The molecule has 3 fully saturated rings. The summed E-state index contributed by atoms with van der Waals surface area (Å²) in [4.78, 5) is 25.5. The summed E-state index contributed by atoms with van der Waals surface area (Å²) in [5, 5.41) is 1.30. The van der Waals surface area contributed by atoms with Crippen molar-refractivity contribution in [3.05, 3.63) is 58.7 Å². The number of Topliss-reactive ketones (excluding diaryl/α,β-unsaturated/α-hetero) is 1. The first-order chi connectivity index (χ1) is 14.3. The first kappa shape index (κ1) is 20.6. The van der Waals surface area contributed by atoms with Gasteiger partial charge in [0.05, 0.1) is 0 Å². The summed E-state index contributed by atoms with van der Waals surface area (Å²) in [7, 11) is 0. The van der Waals surface area contributed by atoms with Gasteiger partial charge in [0.25, 0.3) is 0 Å². The number of fused-ring (bicyclic) bond motifs is 5. The van der Waals surface area contributed by atoms with Crippen LogP contribution in [0.5, 0.6) is 0 Å².